The van der Waals surface area contributed by atoms with Crippen LogP contribution in [-0.2, 0) is 16.8 Å². The van der Waals surface area contributed by atoms with Gasteiger partial charge in [0.1, 0.15) is 5.82 Å². The van der Waals surface area contributed by atoms with Gasteiger partial charge >= 0.3 is 0 Å². The zero-order chi connectivity index (χ0) is 17.8. The fourth-order valence-corrected chi connectivity index (χ4v) is 4.08. The first-order valence-corrected chi connectivity index (χ1v) is 8.79. The van der Waals surface area contributed by atoms with Crippen LogP contribution in [0.2, 0.25) is 0 Å². The van der Waals surface area contributed by atoms with Gasteiger partial charge in [-0.15, -0.1) is 0 Å². The lowest BCUT2D eigenvalue weighted by atomic mass is 9.88. The molecule has 0 fully saturated rings. The van der Waals surface area contributed by atoms with Crippen LogP contribution in [0.5, 0.6) is 0 Å². The van der Waals surface area contributed by atoms with Gasteiger partial charge in [-0.2, -0.15) is 9.78 Å². The molecule has 25 heavy (non-hydrogen) atoms. The molecule has 4 rings (SSSR count). The first-order chi connectivity index (χ1) is 11.9. The summed E-state index contributed by atoms with van der Waals surface area (Å²) >= 11 is 0. The first-order valence-electron chi connectivity index (χ1n) is 8.79. The van der Waals surface area contributed by atoms with Crippen LogP contribution >= 0.6 is 0 Å². The molecular formula is C19H24N4O2. The summed E-state index contributed by atoms with van der Waals surface area (Å²) in [5, 5.41) is 7.97. The Balaban J connectivity index is 1.77. The minimum atomic E-state index is -0.515. The largest absolute Gasteiger partial charge is 0.385 e. The van der Waals surface area contributed by atoms with E-state index in [1.807, 2.05) is 26.0 Å². The SMILES string of the molecule is Cc1cccc2c1NCCC2C(=O)n1nc2c(c1N)C(C)(C)OCC2. The van der Waals surface area contributed by atoms with Crippen molar-refractivity contribution in [2.45, 2.75) is 45.1 Å². The number of anilines is 2. The highest BCUT2D eigenvalue weighted by molar-refractivity contribution is 5.90. The zero-order valence-corrected chi connectivity index (χ0v) is 14.9. The number of nitrogens with two attached hydrogens (primary N) is 1. The molecule has 2 aliphatic rings. The van der Waals surface area contributed by atoms with Gasteiger partial charge in [0, 0.05) is 24.2 Å². The number of carbonyl (C=O) groups excluding carboxylic acids is 1. The molecule has 132 valence electrons. The summed E-state index contributed by atoms with van der Waals surface area (Å²) in [6, 6.07) is 6.07. The van der Waals surface area contributed by atoms with E-state index in [1.54, 1.807) is 0 Å². The third-order valence-electron chi connectivity index (χ3n) is 5.32. The lowest BCUT2D eigenvalue weighted by Crippen LogP contribution is -2.30. The molecule has 1 aromatic carbocycles. The number of rotatable bonds is 1. The average molecular weight is 340 g/mol. The Hall–Kier alpha value is -2.34. The van der Waals surface area contributed by atoms with Crippen molar-refractivity contribution in [3.05, 3.63) is 40.6 Å². The molecule has 0 radical (unpaired) electrons. The van der Waals surface area contributed by atoms with Gasteiger partial charge in [0.15, 0.2) is 0 Å². The molecule has 0 saturated carbocycles. The van der Waals surface area contributed by atoms with Crippen LogP contribution in [0.4, 0.5) is 11.5 Å². The molecule has 0 spiro atoms. The highest BCUT2D eigenvalue weighted by atomic mass is 16.5. The summed E-state index contributed by atoms with van der Waals surface area (Å²) in [6.07, 6.45) is 1.42. The standard InChI is InChI=1S/C19H24N4O2/c1-11-5-4-6-12-13(7-9-21-16(11)12)18(24)23-17(20)15-14(22-23)8-10-25-19(15,2)3/h4-6,13,21H,7-10,20H2,1-3H3. The molecule has 2 aromatic rings. The summed E-state index contributed by atoms with van der Waals surface area (Å²) in [5.41, 5.74) is 10.8. The predicted molar refractivity (Wildman–Crippen MR) is 97.0 cm³/mol. The van der Waals surface area contributed by atoms with E-state index in [1.165, 1.54) is 4.68 Å². The molecule has 0 aliphatic carbocycles. The summed E-state index contributed by atoms with van der Waals surface area (Å²) in [6.45, 7) is 7.37. The number of nitrogens with zero attached hydrogens (tertiary/aromatic N) is 2. The van der Waals surface area contributed by atoms with E-state index in [0.29, 0.717) is 18.8 Å². The molecule has 6 heteroatoms. The third kappa shape index (κ3) is 2.43. The van der Waals surface area contributed by atoms with Crippen LogP contribution in [0.15, 0.2) is 18.2 Å². The van der Waals surface area contributed by atoms with Gasteiger partial charge in [0.2, 0.25) is 0 Å². The fraction of sp³-hybridized carbons (Fsp3) is 0.474. The summed E-state index contributed by atoms with van der Waals surface area (Å²) in [4.78, 5) is 13.3. The van der Waals surface area contributed by atoms with Gasteiger partial charge in [-0.3, -0.25) is 4.79 Å². The molecule has 0 bridgehead atoms. The molecule has 0 saturated heterocycles. The zero-order valence-electron chi connectivity index (χ0n) is 14.9. The van der Waals surface area contributed by atoms with Gasteiger partial charge in [-0.25, -0.2) is 0 Å². The van der Waals surface area contributed by atoms with Crippen molar-refractivity contribution >= 4 is 17.4 Å². The van der Waals surface area contributed by atoms with E-state index in [-0.39, 0.29) is 11.8 Å². The van der Waals surface area contributed by atoms with Crippen molar-refractivity contribution in [2.75, 3.05) is 24.2 Å². The van der Waals surface area contributed by atoms with Crippen LogP contribution in [0.25, 0.3) is 0 Å². The molecular weight excluding hydrogens is 316 g/mol. The number of nitrogens with one attached hydrogen (secondary N) is 1. The Morgan fingerprint density at radius 2 is 2.24 bits per heavy atom. The number of para-hydroxylation sites is 1. The molecule has 1 aromatic heterocycles. The quantitative estimate of drug-likeness (QED) is 0.834. The van der Waals surface area contributed by atoms with E-state index in [4.69, 9.17) is 10.5 Å². The van der Waals surface area contributed by atoms with E-state index in [2.05, 4.69) is 23.4 Å². The minimum Gasteiger partial charge on any atom is -0.385 e. The van der Waals surface area contributed by atoms with Crippen molar-refractivity contribution in [3.63, 3.8) is 0 Å². The first kappa shape index (κ1) is 16.1. The molecule has 1 unspecified atom stereocenters. The Labute approximate surface area is 147 Å². The molecule has 2 aliphatic heterocycles. The van der Waals surface area contributed by atoms with Crippen LogP contribution < -0.4 is 11.1 Å². The van der Waals surface area contributed by atoms with Gasteiger partial charge in [-0.1, -0.05) is 18.2 Å². The lowest BCUT2D eigenvalue weighted by Gasteiger charge is -2.30. The number of hydrogen-bond acceptors (Lipinski definition) is 5. The highest BCUT2D eigenvalue weighted by Gasteiger charge is 2.37. The lowest BCUT2D eigenvalue weighted by molar-refractivity contribution is -0.0311. The van der Waals surface area contributed by atoms with Crippen molar-refractivity contribution in [1.29, 1.82) is 0 Å². The Morgan fingerprint density at radius 3 is 3.00 bits per heavy atom. The summed E-state index contributed by atoms with van der Waals surface area (Å²) in [7, 11) is 0. The average Bonchev–Trinajstić information content (AvgIpc) is 2.92. The maximum atomic E-state index is 13.3. The smallest absolute Gasteiger partial charge is 0.256 e. The molecule has 3 N–H and O–H groups in total. The van der Waals surface area contributed by atoms with Gasteiger partial charge in [-0.05, 0) is 38.3 Å². The van der Waals surface area contributed by atoms with Crippen LogP contribution in [-0.4, -0.2) is 28.8 Å². The number of benzene rings is 1. The van der Waals surface area contributed by atoms with Crippen LogP contribution in [0, 0.1) is 6.92 Å². The second-order valence-corrected chi connectivity index (χ2v) is 7.37. The second-order valence-electron chi connectivity index (χ2n) is 7.37. The van der Waals surface area contributed by atoms with Crippen LogP contribution in [0.3, 0.4) is 0 Å². The van der Waals surface area contributed by atoms with E-state index < -0.39 is 5.60 Å². The van der Waals surface area contributed by atoms with Crippen LogP contribution in [0.1, 0.15) is 53.4 Å². The summed E-state index contributed by atoms with van der Waals surface area (Å²) < 4.78 is 7.23. The van der Waals surface area contributed by atoms with Gasteiger partial charge < -0.3 is 15.8 Å². The van der Waals surface area contributed by atoms with Crippen molar-refractivity contribution in [1.82, 2.24) is 9.78 Å². The van der Waals surface area contributed by atoms with Crippen molar-refractivity contribution in [3.8, 4) is 0 Å². The Bertz CT molecular complexity index is 853. The molecule has 6 nitrogen and oxygen atoms in total. The summed E-state index contributed by atoms with van der Waals surface area (Å²) in [5.74, 6) is 0.123. The van der Waals surface area contributed by atoms with Crippen molar-refractivity contribution in [2.24, 2.45) is 0 Å². The Morgan fingerprint density at radius 1 is 1.44 bits per heavy atom. The maximum Gasteiger partial charge on any atom is 0.256 e. The molecule has 0 amide bonds. The monoisotopic (exact) mass is 340 g/mol. The number of carbonyl (C=O) groups is 1. The van der Waals surface area contributed by atoms with E-state index in [9.17, 15) is 4.79 Å². The molecule has 1 atom stereocenters. The van der Waals surface area contributed by atoms with Gasteiger partial charge in [0.25, 0.3) is 5.91 Å². The normalized spacial score (nSPS) is 21.2. The maximum absolute atomic E-state index is 13.3. The van der Waals surface area contributed by atoms with Crippen molar-refractivity contribution < 1.29 is 9.53 Å². The minimum absolute atomic E-state index is 0.0592. The van der Waals surface area contributed by atoms with Gasteiger partial charge in [0.05, 0.1) is 23.8 Å². The number of aromatic nitrogens is 2. The van der Waals surface area contributed by atoms with E-state index in [0.717, 1.165) is 41.0 Å². The highest BCUT2D eigenvalue weighted by Crippen LogP contribution is 2.39. The number of ether oxygens (including phenoxy) is 1. The Kier molecular flexibility index (Phi) is 3.61. The number of hydrogen-bond donors (Lipinski definition) is 2. The topological polar surface area (TPSA) is 82.2 Å². The number of nitrogen functional groups attached to an aromatic ring is 1. The fourth-order valence-electron chi connectivity index (χ4n) is 4.08. The number of fused-ring (bicyclic) bond motifs is 2. The van der Waals surface area contributed by atoms with E-state index >= 15 is 0 Å². The predicted octanol–water partition coefficient (Wildman–Crippen LogP) is 2.82. The molecule has 3 heterocycles. The third-order valence-corrected chi connectivity index (χ3v) is 5.32. The number of aryl methyl sites for hydroxylation is 1. The second kappa shape index (κ2) is 5.59.